The van der Waals surface area contributed by atoms with Gasteiger partial charge in [-0.3, -0.25) is 9.59 Å². The summed E-state index contributed by atoms with van der Waals surface area (Å²) in [4.78, 5) is 27.5. The van der Waals surface area contributed by atoms with E-state index in [1.54, 1.807) is 6.07 Å². The van der Waals surface area contributed by atoms with Crippen LogP contribution in [-0.4, -0.2) is 38.4 Å². The van der Waals surface area contributed by atoms with E-state index in [2.05, 4.69) is 0 Å². The highest BCUT2D eigenvalue weighted by Crippen LogP contribution is 2.59. The zero-order chi connectivity index (χ0) is 22.0. The molecule has 2 fully saturated rings. The van der Waals surface area contributed by atoms with Crippen molar-refractivity contribution >= 4 is 29.1 Å². The number of rotatable bonds is 4. The van der Waals surface area contributed by atoms with E-state index in [9.17, 15) is 9.59 Å². The van der Waals surface area contributed by atoms with Crippen molar-refractivity contribution in [2.75, 3.05) is 13.1 Å². The van der Waals surface area contributed by atoms with Crippen LogP contribution in [0.3, 0.4) is 0 Å². The van der Waals surface area contributed by atoms with E-state index in [1.165, 1.54) is 0 Å². The molecule has 2 aromatic rings. The summed E-state index contributed by atoms with van der Waals surface area (Å²) in [5.41, 5.74) is 1.17. The first-order valence-corrected chi connectivity index (χ1v) is 11.6. The molecule has 3 atom stereocenters. The molecule has 2 aliphatic heterocycles. The lowest BCUT2D eigenvalue weighted by Gasteiger charge is -2.44. The van der Waals surface area contributed by atoms with Gasteiger partial charge in [-0.15, -0.1) is 23.2 Å². The van der Waals surface area contributed by atoms with E-state index >= 15 is 0 Å². The first-order valence-electron chi connectivity index (χ1n) is 10.8. The van der Waals surface area contributed by atoms with Crippen molar-refractivity contribution in [2.45, 2.75) is 55.0 Å². The molecule has 3 aliphatic rings. The Morgan fingerprint density at radius 2 is 1.81 bits per heavy atom. The second-order valence-electron chi connectivity index (χ2n) is 9.61. The van der Waals surface area contributed by atoms with Crippen LogP contribution in [0.25, 0.3) is 0 Å². The molecule has 5 rings (SSSR count). The average Bonchev–Trinajstić information content (AvgIpc) is 3.36. The lowest BCUT2D eigenvalue weighted by molar-refractivity contribution is -0.148. The van der Waals surface area contributed by atoms with E-state index in [1.807, 2.05) is 59.7 Å². The number of hydrogen-bond acceptors (Lipinski definition) is 3. The molecule has 5 nitrogen and oxygen atoms in total. The maximum absolute atomic E-state index is 13.4. The molecule has 3 heterocycles. The third-order valence-electron chi connectivity index (χ3n) is 6.76. The van der Waals surface area contributed by atoms with Gasteiger partial charge in [0, 0.05) is 43.2 Å². The molecule has 1 aromatic heterocycles. The van der Waals surface area contributed by atoms with E-state index in [0.29, 0.717) is 25.4 Å². The van der Waals surface area contributed by atoms with Gasteiger partial charge in [-0.2, -0.15) is 0 Å². The lowest BCUT2D eigenvalue weighted by atomic mass is 9.82. The largest absolute Gasteiger partial charge is 0.478 e. The number of amides is 1. The zero-order valence-electron chi connectivity index (χ0n) is 17.7. The maximum Gasteiger partial charge on any atom is 0.266 e. The number of alkyl halides is 2. The summed E-state index contributed by atoms with van der Waals surface area (Å²) >= 11 is 12.3. The molecule has 0 N–H and O–H groups in total. The molecule has 1 saturated heterocycles. The Kier molecular flexibility index (Phi) is 4.91. The van der Waals surface area contributed by atoms with Gasteiger partial charge in [0.1, 0.15) is 10.1 Å². The predicted octanol–water partition coefficient (Wildman–Crippen LogP) is 4.31. The lowest BCUT2D eigenvalue weighted by Crippen LogP contribution is -2.55. The van der Waals surface area contributed by atoms with Crippen LogP contribution in [-0.2, 0) is 11.3 Å². The van der Waals surface area contributed by atoms with Crippen LogP contribution < -0.4 is 10.3 Å². The molecule has 2 bridgehead atoms. The molecule has 1 amide bonds. The number of carbonyl (C=O) groups is 1. The normalized spacial score (nSPS) is 26.2. The van der Waals surface area contributed by atoms with Crippen molar-refractivity contribution in [1.82, 2.24) is 9.47 Å². The minimum absolute atomic E-state index is 0.0271. The zero-order valence-corrected chi connectivity index (χ0v) is 19.2. The van der Waals surface area contributed by atoms with Crippen LogP contribution in [0.1, 0.15) is 49.8 Å². The Morgan fingerprint density at radius 3 is 2.48 bits per heavy atom. The molecule has 1 aromatic carbocycles. The van der Waals surface area contributed by atoms with Gasteiger partial charge >= 0.3 is 0 Å². The fraction of sp³-hybridized carbons (Fsp3) is 0.500. The Morgan fingerprint density at radius 1 is 1.10 bits per heavy atom. The number of fused-ring (bicyclic) bond motifs is 4. The summed E-state index contributed by atoms with van der Waals surface area (Å²) in [5, 5.41) is 0. The number of ether oxygens (including phenoxy) is 1. The topological polar surface area (TPSA) is 51.5 Å². The number of benzene rings is 1. The summed E-state index contributed by atoms with van der Waals surface area (Å²) < 4.78 is 7.34. The summed E-state index contributed by atoms with van der Waals surface area (Å²) in [7, 11) is 0. The van der Waals surface area contributed by atoms with Gasteiger partial charge in [0.05, 0.1) is 0 Å². The van der Waals surface area contributed by atoms with Crippen LogP contribution in [0.2, 0.25) is 0 Å². The van der Waals surface area contributed by atoms with Crippen LogP contribution >= 0.6 is 23.2 Å². The smallest absolute Gasteiger partial charge is 0.266 e. The van der Waals surface area contributed by atoms with Crippen molar-refractivity contribution in [3.05, 3.63) is 64.1 Å². The quantitative estimate of drug-likeness (QED) is 0.638. The van der Waals surface area contributed by atoms with E-state index in [-0.39, 0.29) is 29.2 Å². The van der Waals surface area contributed by atoms with Gasteiger partial charge in [0.25, 0.3) is 11.5 Å². The highest BCUT2D eigenvalue weighted by Gasteiger charge is 2.52. The Hall–Kier alpha value is -1.98. The fourth-order valence-corrected chi connectivity index (χ4v) is 5.69. The minimum Gasteiger partial charge on any atom is -0.478 e. The third kappa shape index (κ3) is 3.87. The molecule has 1 saturated carbocycles. The molecular formula is C24H26Cl2N2O3. The Balaban J connectivity index is 1.29. The van der Waals surface area contributed by atoms with Crippen molar-refractivity contribution in [1.29, 1.82) is 0 Å². The first kappa shape index (κ1) is 20.9. The molecule has 164 valence electrons. The number of likely N-dealkylation sites (tertiary alicyclic amines) is 1. The van der Waals surface area contributed by atoms with Gasteiger partial charge in [-0.05, 0) is 56.4 Å². The average molecular weight is 461 g/mol. The monoisotopic (exact) mass is 460 g/mol. The molecule has 31 heavy (non-hydrogen) atoms. The van der Waals surface area contributed by atoms with Crippen LogP contribution in [0.15, 0.2) is 47.3 Å². The van der Waals surface area contributed by atoms with E-state index in [4.69, 9.17) is 27.9 Å². The van der Waals surface area contributed by atoms with Crippen molar-refractivity contribution in [2.24, 2.45) is 5.92 Å². The minimum atomic E-state index is -0.994. The number of carbonyl (C=O) groups excluding carboxylic acids is 1. The maximum atomic E-state index is 13.4. The van der Waals surface area contributed by atoms with Crippen molar-refractivity contribution in [3.63, 3.8) is 0 Å². The highest BCUT2D eigenvalue weighted by atomic mass is 35.5. The van der Waals surface area contributed by atoms with Gasteiger partial charge in [0.15, 0.2) is 5.60 Å². The van der Waals surface area contributed by atoms with Crippen LogP contribution in [0.4, 0.5) is 0 Å². The second kappa shape index (κ2) is 7.28. The number of hydrogen-bond donors (Lipinski definition) is 0. The number of nitrogens with zero attached hydrogens (tertiary/aromatic N) is 2. The first-order chi connectivity index (χ1) is 14.6. The van der Waals surface area contributed by atoms with Crippen LogP contribution in [0, 0.1) is 5.92 Å². The fourth-order valence-electron chi connectivity index (χ4n) is 5.12. The van der Waals surface area contributed by atoms with E-state index in [0.717, 1.165) is 24.1 Å². The number of piperidine rings is 1. The molecule has 7 heteroatoms. The molecule has 1 aliphatic carbocycles. The number of halogens is 2. The van der Waals surface area contributed by atoms with Gasteiger partial charge in [0.2, 0.25) is 0 Å². The van der Waals surface area contributed by atoms with Gasteiger partial charge < -0.3 is 14.2 Å². The SMILES string of the molecule is CC(C)(Oc1ccc([C@@H]2CC2(Cl)Cl)cc1)C(=O)N1C[C@H]2C[C@@H](C1)c1cccc(=O)n1C2. The Labute approximate surface area is 191 Å². The van der Waals surface area contributed by atoms with Crippen molar-refractivity contribution < 1.29 is 9.53 Å². The van der Waals surface area contributed by atoms with Gasteiger partial charge in [-0.1, -0.05) is 18.2 Å². The van der Waals surface area contributed by atoms with Crippen molar-refractivity contribution in [3.8, 4) is 5.75 Å². The molecule has 0 unspecified atom stereocenters. The molecular weight excluding hydrogens is 435 g/mol. The molecule has 0 radical (unpaired) electrons. The van der Waals surface area contributed by atoms with Crippen LogP contribution in [0.5, 0.6) is 5.75 Å². The summed E-state index contributed by atoms with van der Waals surface area (Å²) in [6, 6.07) is 13.1. The number of pyridine rings is 1. The summed E-state index contributed by atoms with van der Waals surface area (Å²) in [6.45, 7) is 5.56. The summed E-state index contributed by atoms with van der Waals surface area (Å²) in [5.74, 6) is 1.25. The highest BCUT2D eigenvalue weighted by molar-refractivity contribution is 6.51. The Bertz CT molecular complexity index is 1080. The second-order valence-corrected chi connectivity index (χ2v) is 11.1. The molecule has 0 spiro atoms. The summed E-state index contributed by atoms with van der Waals surface area (Å²) in [6.07, 6.45) is 1.77. The standard InChI is InChI=1S/C24H26Cl2N2O3/c1-23(2,31-18-8-6-16(7-9-18)19-11-24(19,25)26)22(30)27-12-15-10-17(14-27)20-4-3-5-21(29)28(20)13-15/h3-9,15,17,19H,10-14H2,1-2H3/t15-,17+,19+/m1/s1. The predicted molar refractivity (Wildman–Crippen MR) is 121 cm³/mol. The number of aromatic nitrogens is 1. The third-order valence-corrected chi connectivity index (χ3v) is 7.60. The van der Waals surface area contributed by atoms with E-state index < -0.39 is 9.93 Å². The van der Waals surface area contributed by atoms with Gasteiger partial charge in [-0.25, -0.2) is 0 Å².